The number of ether oxygens (including phenoxy) is 1. The first-order chi connectivity index (χ1) is 14.3. The van der Waals surface area contributed by atoms with E-state index in [1.54, 1.807) is 18.6 Å². The summed E-state index contributed by atoms with van der Waals surface area (Å²) in [6, 6.07) is 3.64. The summed E-state index contributed by atoms with van der Waals surface area (Å²) < 4.78 is 7.48. The summed E-state index contributed by atoms with van der Waals surface area (Å²) in [4.78, 5) is 27.9. The third-order valence-electron chi connectivity index (χ3n) is 5.09. The van der Waals surface area contributed by atoms with Crippen molar-refractivity contribution < 1.29 is 9.53 Å². The Bertz CT molecular complexity index is 1060. The lowest BCUT2D eigenvalue weighted by Crippen LogP contribution is -2.43. The second-order valence-corrected chi connectivity index (χ2v) is 9.19. The number of nitrogens with zero attached hydrogens (tertiary/aromatic N) is 5. The molecule has 0 aliphatic carbocycles. The first-order valence-corrected chi connectivity index (χ1v) is 10.6. The third-order valence-corrected chi connectivity index (χ3v) is 5.33. The van der Waals surface area contributed by atoms with Crippen LogP contribution in [0.3, 0.4) is 0 Å². The number of likely N-dealkylation sites (tertiary alicyclic amines) is 1. The SMILES string of the molecule is CC(C)(C)OC(=O)N1CCC[C@@H](Cc2cncc(-c3cnc4cc(Cl)ccn34)n2)C1. The first-order valence-electron chi connectivity index (χ1n) is 10.2. The summed E-state index contributed by atoms with van der Waals surface area (Å²) in [5.74, 6) is 0.330. The molecule has 0 bridgehead atoms. The van der Waals surface area contributed by atoms with E-state index in [2.05, 4.69) is 9.97 Å². The van der Waals surface area contributed by atoms with Gasteiger partial charge in [0.2, 0.25) is 0 Å². The molecular formula is C22H26ClN5O2. The lowest BCUT2D eigenvalue weighted by Gasteiger charge is -2.34. The summed E-state index contributed by atoms with van der Waals surface area (Å²) in [7, 11) is 0. The Balaban J connectivity index is 1.48. The van der Waals surface area contributed by atoms with Gasteiger partial charge in [0.25, 0.3) is 0 Å². The van der Waals surface area contributed by atoms with Crippen molar-refractivity contribution in [2.24, 2.45) is 5.92 Å². The molecule has 1 fully saturated rings. The monoisotopic (exact) mass is 427 g/mol. The maximum atomic E-state index is 12.4. The minimum Gasteiger partial charge on any atom is -0.444 e. The van der Waals surface area contributed by atoms with Crippen LogP contribution in [-0.4, -0.2) is 49.0 Å². The summed E-state index contributed by atoms with van der Waals surface area (Å²) in [5, 5.41) is 0.645. The van der Waals surface area contributed by atoms with E-state index in [1.165, 1.54) is 0 Å². The van der Waals surface area contributed by atoms with Gasteiger partial charge in [0.15, 0.2) is 0 Å². The van der Waals surface area contributed by atoms with E-state index in [0.29, 0.717) is 17.5 Å². The average molecular weight is 428 g/mol. The van der Waals surface area contributed by atoms with Crippen LogP contribution in [0.5, 0.6) is 0 Å². The zero-order chi connectivity index (χ0) is 21.3. The van der Waals surface area contributed by atoms with Crippen molar-refractivity contribution in [3.05, 3.63) is 47.6 Å². The van der Waals surface area contributed by atoms with E-state index < -0.39 is 5.60 Å². The second kappa shape index (κ2) is 8.22. The van der Waals surface area contributed by atoms with Crippen molar-refractivity contribution in [2.45, 2.75) is 45.6 Å². The van der Waals surface area contributed by atoms with E-state index in [9.17, 15) is 4.79 Å². The van der Waals surface area contributed by atoms with Crippen LogP contribution < -0.4 is 0 Å². The zero-order valence-electron chi connectivity index (χ0n) is 17.5. The van der Waals surface area contributed by atoms with Gasteiger partial charge in [-0.3, -0.25) is 9.38 Å². The number of aromatic nitrogens is 4. The van der Waals surface area contributed by atoms with Gasteiger partial charge >= 0.3 is 6.09 Å². The number of pyridine rings is 1. The van der Waals surface area contributed by atoms with E-state index in [1.807, 2.05) is 48.4 Å². The number of hydrogen-bond donors (Lipinski definition) is 0. The van der Waals surface area contributed by atoms with Crippen molar-refractivity contribution in [3.63, 3.8) is 0 Å². The van der Waals surface area contributed by atoms with Gasteiger partial charge in [0.1, 0.15) is 16.9 Å². The molecule has 7 nitrogen and oxygen atoms in total. The Morgan fingerprint density at radius 1 is 1.30 bits per heavy atom. The van der Waals surface area contributed by atoms with Crippen molar-refractivity contribution in [1.82, 2.24) is 24.3 Å². The van der Waals surface area contributed by atoms with Gasteiger partial charge in [-0.05, 0) is 52.0 Å². The molecule has 0 unspecified atom stereocenters. The normalized spacial score (nSPS) is 17.3. The molecule has 4 rings (SSSR count). The molecule has 1 aliphatic rings. The number of rotatable bonds is 3. The predicted octanol–water partition coefficient (Wildman–Crippen LogP) is 4.63. The number of carbonyl (C=O) groups excluding carboxylic acids is 1. The molecule has 0 saturated carbocycles. The number of carbonyl (C=O) groups is 1. The summed E-state index contributed by atoms with van der Waals surface area (Å²) in [6.07, 6.45) is 9.76. The van der Waals surface area contributed by atoms with Crippen molar-refractivity contribution in [2.75, 3.05) is 13.1 Å². The van der Waals surface area contributed by atoms with Gasteiger partial charge in [0.05, 0.1) is 23.8 Å². The quantitative estimate of drug-likeness (QED) is 0.609. The lowest BCUT2D eigenvalue weighted by molar-refractivity contribution is 0.0165. The molecule has 1 atom stereocenters. The zero-order valence-corrected chi connectivity index (χ0v) is 18.3. The van der Waals surface area contributed by atoms with Crippen LogP contribution in [0.25, 0.3) is 17.0 Å². The van der Waals surface area contributed by atoms with Crippen LogP contribution in [-0.2, 0) is 11.2 Å². The number of fused-ring (bicyclic) bond motifs is 1. The maximum Gasteiger partial charge on any atom is 0.410 e. The molecule has 4 heterocycles. The highest BCUT2D eigenvalue weighted by Gasteiger charge is 2.28. The highest BCUT2D eigenvalue weighted by Crippen LogP contribution is 2.24. The molecular weight excluding hydrogens is 402 g/mol. The van der Waals surface area contributed by atoms with Crippen LogP contribution in [0.1, 0.15) is 39.3 Å². The lowest BCUT2D eigenvalue weighted by atomic mass is 9.93. The number of hydrogen-bond acceptors (Lipinski definition) is 5. The molecule has 8 heteroatoms. The molecule has 1 aliphatic heterocycles. The standard InChI is InChI=1S/C22H26ClN5O2/c1-22(2,3)30-21(29)27-7-4-5-15(14-27)9-17-11-24-12-18(26-17)19-13-25-20-10-16(23)6-8-28(19)20/h6,8,10-13,15H,4-5,7,9,14H2,1-3H3/t15-/m0/s1. The molecule has 158 valence electrons. The van der Waals surface area contributed by atoms with Gasteiger partial charge in [-0.1, -0.05) is 11.6 Å². The van der Waals surface area contributed by atoms with Gasteiger partial charge in [-0.15, -0.1) is 0 Å². The fourth-order valence-electron chi connectivity index (χ4n) is 3.79. The van der Waals surface area contributed by atoms with Crippen molar-refractivity contribution in [3.8, 4) is 11.4 Å². The van der Waals surface area contributed by atoms with Gasteiger partial charge in [-0.2, -0.15) is 0 Å². The highest BCUT2D eigenvalue weighted by atomic mass is 35.5. The van der Waals surface area contributed by atoms with Crippen molar-refractivity contribution >= 4 is 23.3 Å². The fourth-order valence-corrected chi connectivity index (χ4v) is 3.95. The largest absolute Gasteiger partial charge is 0.444 e. The average Bonchev–Trinajstić information content (AvgIpc) is 3.10. The fraction of sp³-hybridized carbons (Fsp3) is 0.455. The molecule has 0 N–H and O–H groups in total. The molecule has 0 aromatic carbocycles. The van der Waals surface area contributed by atoms with E-state index in [-0.39, 0.29) is 6.09 Å². The maximum absolute atomic E-state index is 12.4. The Hall–Kier alpha value is -2.67. The second-order valence-electron chi connectivity index (χ2n) is 8.75. The first kappa shape index (κ1) is 20.6. The predicted molar refractivity (Wildman–Crippen MR) is 115 cm³/mol. The number of imidazole rings is 1. The molecule has 0 radical (unpaired) electrons. The van der Waals surface area contributed by atoms with E-state index in [4.69, 9.17) is 21.3 Å². The highest BCUT2D eigenvalue weighted by molar-refractivity contribution is 6.30. The van der Waals surface area contributed by atoms with Gasteiger partial charge < -0.3 is 9.64 Å². The number of amides is 1. The van der Waals surface area contributed by atoms with E-state index in [0.717, 1.165) is 48.5 Å². The summed E-state index contributed by atoms with van der Waals surface area (Å²) >= 11 is 6.06. The minimum absolute atomic E-state index is 0.239. The number of halogens is 1. The molecule has 1 saturated heterocycles. The van der Waals surface area contributed by atoms with Crippen LogP contribution in [0, 0.1) is 5.92 Å². The Morgan fingerprint density at radius 2 is 2.13 bits per heavy atom. The Kier molecular flexibility index (Phi) is 5.64. The van der Waals surface area contributed by atoms with Crippen molar-refractivity contribution in [1.29, 1.82) is 0 Å². The topological polar surface area (TPSA) is 72.6 Å². The van der Waals surface area contributed by atoms with Gasteiger partial charge in [0, 0.05) is 36.6 Å². The minimum atomic E-state index is -0.484. The van der Waals surface area contributed by atoms with Crippen LogP contribution >= 0.6 is 11.6 Å². The molecule has 3 aromatic rings. The Labute approximate surface area is 181 Å². The molecule has 30 heavy (non-hydrogen) atoms. The molecule has 3 aromatic heterocycles. The van der Waals surface area contributed by atoms with Crippen LogP contribution in [0.2, 0.25) is 5.02 Å². The molecule has 1 amide bonds. The smallest absolute Gasteiger partial charge is 0.410 e. The van der Waals surface area contributed by atoms with Gasteiger partial charge in [-0.25, -0.2) is 14.8 Å². The third kappa shape index (κ3) is 4.73. The molecule has 0 spiro atoms. The Morgan fingerprint density at radius 3 is 2.93 bits per heavy atom. The van der Waals surface area contributed by atoms with Crippen LogP contribution in [0.4, 0.5) is 4.79 Å². The summed E-state index contributed by atoms with van der Waals surface area (Å²) in [5.41, 5.74) is 2.83. The summed E-state index contributed by atoms with van der Waals surface area (Å²) in [6.45, 7) is 7.08. The number of piperidine rings is 1. The van der Waals surface area contributed by atoms with Crippen LogP contribution in [0.15, 0.2) is 36.9 Å². The van der Waals surface area contributed by atoms with E-state index >= 15 is 0 Å².